The molecule has 6 heteroatoms. The van der Waals surface area contributed by atoms with E-state index in [4.69, 9.17) is 16.4 Å². The van der Waals surface area contributed by atoms with Crippen LogP contribution in [-0.4, -0.2) is 41.2 Å². The van der Waals surface area contributed by atoms with Gasteiger partial charge in [0, 0.05) is 30.9 Å². The summed E-state index contributed by atoms with van der Waals surface area (Å²) in [6.07, 6.45) is 6.73. The van der Waals surface area contributed by atoms with E-state index >= 15 is 0 Å². The third-order valence-corrected chi connectivity index (χ3v) is 5.40. The molecule has 1 atom stereocenters. The first kappa shape index (κ1) is 16.4. The molecule has 2 aromatic rings. The molecule has 2 saturated heterocycles. The summed E-state index contributed by atoms with van der Waals surface area (Å²) in [4.78, 5) is 24.8. The van der Waals surface area contributed by atoms with Gasteiger partial charge in [-0.25, -0.2) is 4.79 Å². The molecule has 0 bridgehead atoms. The van der Waals surface area contributed by atoms with Crippen molar-refractivity contribution >= 4 is 23.3 Å². The van der Waals surface area contributed by atoms with Crippen molar-refractivity contribution in [3.63, 3.8) is 0 Å². The number of anilines is 1. The Kier molecular flexibility index (Phi) is 4.36. The van der Waals surface area contributed by atoms with Gasteiger partial charge in [-0.05, 0) is 55.7 Å². The quantitative estimate of drug-likeness (QED) is 0.840. The minimum Gasteiger partial charge on any atom is -0.368 e. The second-order valence-corrected chi connectivity index (χ2v) is 7.13. The van der Waals surface area contributed by atoms with Crippen LogP contribution < -0.4 is 4.90 Å². The van der Waals surface area contributed by atoms with Gasteiger partial charge >= 0.3 is 5.97 Å². The Morgan fingerprint density at radius 1 is 1.16 bits per heavy atom. The summed E-state index contributed by atoms with van der Waals surface area (Å²) >= 11 is 5.89. The number of halogens is 1. The maximum atomic E-state index is 12.5. The highest BCUT2D eigenvalue weighted by Crippen LogP contribution is 2.39. The van der Waals surface area contributed by atoms with Crippen LogP contribution in [0.1, 0.15) is 29.6 Å². The molecule has 2 aliphatic heterocycles. The van der Waals surface area contributed by atoms with Gasteiger partial charge in [-0.2, -0.15) is 0 Å². The van der Waals surface area contributed by atoms with E-state index in [0.29, 0.717) is 10.6 Å². The Morgan fingerprint density at radius 3 is 2.76 bits per heavy atom. The summed E-state index contributed by atoms with van der Waals surface area (Å²) in [5.41, 5.74) is 1.54. The van der Waals surface area contributed by atoms with Crippen LogP contribution in [-0.2, 0) is 4.84 Å². The number of carbonyl (C=O) groups excluding carboxylic acids is 1. The molecule has 1 spiro atoms. The second-order valence-electron chi connectivity index (χ2n) is 6.70. The summed E-state index contributed by atoms with van der Waals surface area (Å²) in [6, 6.07) is 10.8. The fourth-order valence-corrected chi connectivity index (χ4v) is 3.95. The van der Waals surface area contributed by atoms with E-state index in [2.05, 4.69) is 16.0 Å². The number of pyridine rings is 1. The number of nitrogens with zero attached hydrogens (tertiary/aromatic N) is 3. The molecular weight excluding hydrogens is 338 g/mol. The molecule has 5 nitrogen and oxygen atoms in total. The number of hydrogen-bond donors (Lipinski definition) is 0. The molecule has 25 heavy (non-hydrogen) atoms. The van der Waals surface area contributed by atoms with Gasteiger partial charge in [0.25, 0.3) is 0 Å². The Labute approximate surface area is 152 Å². The highest BCUT2D eigenvalue weighted by molar-refractivity contribution is 6.30. The molecular formula is C19H20ClN3O2. The van der Waals surface area contributed by atoms with Crippen LogP contribution in [0, 0.1) is 0 Å². The van der Waals surface area contributed by atoms with Crippen LogP contribution in [0.4, 0.5) is 5.69 Å². The van der Waals surface area contributed by atoms with Crippen LogP contribution in [0.5, 0.6) is 0 Å². The van der Waals surface area contributed by atoms with Crippen LogP contribution in [0.25, 0.3) is 0 Å². The lowest BCUT2D eigenvalue weighted by Crippen LogP contribution is -2.47. The molecule has 1 aromatic carbocycles. The summed E-state index contributed by atoms with van der Waals surface area (Å²) in [5.74, 6) is -0.322. The molecule has 1 aromatic heterocycles. The van der Waals surface area contributed by atoms with E-state index in [1.165, 1.54) is 0 Å². The van der Waals surface area contributed by atoms with E-state index < -0.39 is 0 Å². The molecule has 4 rings (SSSR count). The van der Waals surface area contributed by atoms with Crippen molar-refractivity contribution in [3.05, 3.63) is 59.4 Å². The molecule has 1 unspecified atom stereocenters. The number of rotatable bonds is 3. The minimum atomic E-state index is -0.322. The van der Waals surface area contributed by atoms with Gasteiger partial charge in [0.05, 0.1) is 23.0 Å². The van der Waals surface area contributed by atoms with Gasteiger partial charge in [0.2, 0.25) is 0 Å². The number of hydroxylamine groups is 2. The molecule has 2 fully saturated rings. The minimum absolute atomic E-state index is 0.0993. The Bertz CT molecular complexity index is 753. The Hall–Kier alpha value is -2.11. The van der Waals surface area contributed by atoms with Gasteiger partial charge in [0.15, 0.2) is 0 Å². The maximum absolute atomic E-state index is 12.5. The first-order valence-corrected chi connectivity index (χ1v) is 8.95. The molecule has 0 radical (unpaired) electrons. The third kappa shape index (κ3) is 3.22. The third-order valence-electron chi connectivity index (χ3n) is 5.15. The van der Waals surface area contributed by atoms with E-state index in [-0.39, 0.29) is 11.5 Å². The van der Waals surface area contributed by atoms with Gasteiger partial charge in [0.1, 0.15) is 0 Å². The summed E-state index contributed by atoms with van der Waals surface area (Å²) < 4.78 is 0. The largest absolute Gasteiger partial charge is 0.368 e. The van der Waals surface area contributed by atoms with Gasteiger partial charge in [-0.15, -0.1) is 5.06 Å². The van der Waals surface area contributed by atoms with E-state index in [0.717, 1.165) is 44.6 Å². The molecule has 0 saturated carbocycles. The van der Waals surface area contributed by atoms with E-state index in [1.807, 2.05) is 17.3 Å². The Morgan fingerprint density at radius 2 is 2.00 bits per heavy atom. The lowest BCUT2D eigenvalue weighted by atomic mass is 9.96. The zero-order valence-electron chi connectivity index (χ0n) is 13.9. The molecule has 130 valence electrons. The standard InChI is InChI=1S/C19H20ClN3O2/c20-16-6-4-15(5-7-16)18(24)25-23-11-2-8-19(23)9-12-22(14-19)17-3-1-10-21-13-17/h1,3-7,10,13H,2,8-9,11-12,14H2. The number of benzene rings is 1. The van der Waals surface area contributed by atoms with Gasteiger partial charge in [-0.1, -0.05) is 11.6 Å². The van der Waals surface area contributed by atoms with Crippen molar-refractivity contribution < 1.29 is 9.63 Å². The zero-order chi connectivity index (χ0) is 17.3. The molecule has 0 aliphatic carbocycles. The lowest BCUT2D eigenvalue weighted by molar-refractivity contribution is -0.150. The van der Waals surface area contributed by atoms with Gasteiger partial charge < -0.3 is 9.74 Å². The molecule has 0 amide bonds. The van der Waals surface area contributed by atoms with Crippen molar-refractivity contribution in [2.75, 3.05) is 24.5 Å². The topological polar surface area (TPSA) is 45.7 Å². The van der Waals surface area contributed by atoms with Crippen LogP contribution in [0.2, 0.25) is 5.02 Å². The predicted octanol–water partition coefficient (Wildman–Crippen LogP) is 3.55. The fraction of sp³-hybridized carbons (Fsp3) is 0.368. The Balaban J connectivity index is 1.47. The number of hydrogen-bond acceptors (Lipinski definition) is 5. The monoisotopic (exact) mass is 357 g/mol. The van der Waals surface area contributed by atoms with Crippen molar-refractivity contribution in [2.45, 2.75) is 24.8 Å². The van der Waals surface area contributed by atoms with Crippen LogP contribution in [0.15, 0.2) is 48.8 Å². The zero-order valence-corrected chi connectivity index (χ0v) is 14.7. The highest BCUT2D eigenvalue weighted by Gasteiger charge is 2.48. The predicted molar refractivity (Wildman–Crippen MR) is 96.6 cm³/mol. The average Bonchev–Trinajstić information content (AvgIpc) is 3.24. The average molecular weight is 358 g/mol. The van der Waals surface area contributed by atoms with Crippen LogP contribution >= 0.6 is 11.6 Å². The van der Waals surface area contributed by atoms with Crippen molar-refractivity contribution in [1.29, 1.82) is 0 Å². The van der Waals surface area contributed by atoms with E-state index in [9.17, 15) is 4.79 Å². The summed E-state index contributed by atoms with van der Waals surface area (Å²) in [5, 5.41) is 2.51. The smallest absolute Gasteiger partial charge is 0.357 e. The molecule has 2 aliphatic rings. The fourth-order valence-electron chi connectivity index (χ4n) is 3.82. The van der Waals surface area contributed by atoms with Crippen molar-refractivity contribution in [1.82, 2.24) is 10.0 Å². The van der Waals surface area contributed by atoms with Crippen molar-refractivity contribution in [2.24, 2.45) is 0 Å². The van der Waals surface area contributed by atoms with Gasteiger partial charge in [-0.3, -0.25) is 4.98 Å². The first-order valence-electron chi connectivity index (χ1n) is 8.57. The molecule has 3 heterocycles. The normalized spacial score (nSPS) is 23.3. The lowest BCUT2D eigenvalue weighted by Gasteiger charge is -2.33. The summed E-state index contributed by atoms with van der Waals surface area (Å²) in [6.45, 7) is 2.58. The second kappa shape index (κ2) is 6.65. The first-order chi connectivity index (χ1) is 12.2. The van der Waals surface area contributed by atoms with Crippen LogP contribution in [0.3, 0.4) is 0 Å². The number of carbonyl (C=O) groups is 1. The maximum Gasteiger partial charge on any atom is 0.357 e. The number of aromatic nitrogens is 1. The highest BCUT2D eigenvalue weighted by atomic mass is 35.5. The summed E-state index contributed by atoms with van der Waals surface area (Å²) in [7, 11) is 0. The van der Waals surface area contributed by atoms with E-state index in [1.54, 1.807) is 30.5 Å². The SMILES string of the molecule is O=C(ON1CCCC12CCN(c1cccnc1)C2)c1ccc(Cl)cc1. The molecule has 0 N–H and O–H groups in total. The van der Waals surface area contributed by atoms with Crippen molar-refractivity contribution in [3.8, 4) is 0 Å².